The highest BCUT2D eigenvalue weighted by Gasteiger charge is 2.26. The first kappa shape index (κ1) is 10.6. The molecule has 0 radical (unpaired) electrons. The van der Waals surface area contributed by atoms with Gasteiger partial charge in [0.15, 0.2) is 4.90 Å². The second kappa shape index (κ2) is 4.71. The topological polar surface area (TPSA) is 26.3 Å². The van der Waals surface area contributed by atoms with Crippen LogP contribution in [0.15, 0.2) is 29.2 Å². The molecule has 1 aliphatic rings. The van der Waals surface area contributed by atoms with Gasteiger partial charge in [-0.15, -0.1) is 0 Å². The van der Waals surface area contributed by atoms with Gasteiger partial charge in [-0.3, -0.25) is 0 Å². The van der Waals surface area contributed by atoms with Crippen molar-refractivity contribution < 1.29 is 9.53 Å². The molecule has 2 nitrogen and oxygen atoms in total. The molecule has 1 saturated heterocycles. The third kappa shape index (κ3) is 2.34. The van der Waals surface area contributed by atoms with Crippen molar-refractivity contribution in [1.29, 1.82) is 0 Å². The maximum Gasteiger partial charge on any atom is 0.337 e. The summed E-state index contributed by atoms with van der Waals surface area (Å²) in [7, 11) is 1.85. The van der Waals surface area contributed by atoms with E-state index in [-0.39, 0.29) is 5.97 Å². The molecule has 1 aromatic rings. The molecule has 0 aliphatic carbocycles. The Morgan fingerprint density at radius 2 is 1.80 bits per heavy atom. The SMILES string of the molecule is COC(=O)c1ccc([S+]2CCCC2)cc1. The van der Waals surface area contributed by atoms with E-state index in [9.17, 15) is 4.79 Å². The van der Waals surface area contributed by atoms with E-state index in [1.165, 1.54) is 36.4 Å². The zero-order chi connectivity index (χ0) is 10.7. The minimum Gasteiger partial charge on any atom is -0.465 e. The monoisotopic (exact) mass is 223 g/mol. The van der Waals surface area contributed by atoms with Crippen LogP contribution in [-0.4, -0.2) is 24.6 Å². The number of rotatable bonds is 2. The number of hydrogen-bond donors (Lipinski definition) is 0. The van der Waals surface area contributed by atoms with Crippen LogP contribution in [-0.2, 0) is 15.6 Å². The van der Waals surface area contributed by atoms with Crippen LogP contribution in [0.5, 0.6) is 0 Å². The van der Waals surface area contributed by atoms with Gasteiger partial charge < -0.3 is 4.74 Å². The third-order valence-electron chi connectivity index (χ3n) is 2.64. The number of methoxy groups -OCH3 is 1. The summed E-state index contributed by atoms with van der Waals surface area (Å²) in [5.41, 5.74) is 0.643. The lowest BCUT2D eigenvalue weighted by molar-refractivity contribution is 0.0600. The lowest BCUT2D eigenvalue weighted by atomic mass is 10.2. The number of esters is 1. The Hall–Kier alpha value is -0.960. The van der Waals surface area contributed by atoms with Crippen LogP contribution < -0.4 is 0 Å². The fraction of sp³-hybridized carbons (Fsp3) is 0.417. The lowest BCUT2D eigenvalue weighted by Gasteiger charge is -2.01. The first-order valence-corrected chi connectivity index (χ1v) is 6.73. The van der Waals surface area contributed by atoms with Gasteiger partial charge in [-0.1, -0.05) is 0 Å². The van der Waals surface area contributed by atoms with Crippen LogP contribution in [0.2, 0.25) is 0 Å². The molecule has 15 heavy (non-hydrogen) atoms. The van der Waals surface area contributed by atoms with Gasteiger partial charge >= 0.3 is 5.97 Å². The molecular weight excluding hydrogens is 208 g/mol. The first-order valence-electron chi connectivity index (χ1n) is 5.17. The Bertz CT molecular complexity index is 339. The van der Waals surface area contributed by atoms with E-state index < -0.39 is 0 Å². The Balaban J connectivity index is 2.12. The zero-order valence-electron chi connectivity index (χ0n) is 8.86. The van der Waals surface area contributed by atoms with Crippen molar-refractivity contribution in [2.75, 3.05) is 18.6 Å². The van der Waals surface area contributed by atoms with Gasteiger partial charge in [0.05, 0.1) is 12.7 Å². The summed E-state index contributed by atoms with van der Waals surface area (Å²) >= 11 is 0. The van der Waals surface area contributed by atoms with Crippen molar-refractivity contribution in [3.8, 4) is 0 Å². The second-order valence-corrected chi connectivity index (χ2v) is 5.90. The van der Waals surface area contributed by atoms with E-state index in [0.29, 0.717) is 16.5 Å². The Morgan fingerprint density at radius 1 is 1.20 bits per heavy atom. The van der Waals surface area contributed by atoms with E-state index in [1.807, 2.05) is 12.1 Å². The number of ether oxygens (including phenoxy) is 1. The normalized spacial score (nSPS) is 16.6. The number of benzene rings is 1. The summed E-state index contributed by atoms with van der Waals surface area (Å²) in [5, 5.41) is 0. The van der Waals surface area contributed by atoms with Gasteiger partial charge in [0, 0.05) is 10.9 Å². The van der Waals surface area contributed by atoms with Crippen LogP contribution in [0.3, 0.4) is 0 Å². The standard InChI is InChI=1S/C12H15O2S/c1-14-12(13)10-4-6-11(7-5-10)15-8-2-3-9-15/h4-7H,2-3,8-9H2,1H3/q+1. The predicted molar refractivity (Wildman–Crippen MR) is 62.4 cm³/mol. The summed E-state index contributed by atoms with van der Waals surface area (Å²) in [4.78, 5) is 12.6. The van der Waals surface area contributed by atoms with E-state index in [4.69, 9.17) is 0 Å². The summed E-state index contributed by atoms with van der Waals surface area (Å²) in [5.74, 6) is 2.38. The molecule has 0 spiro atoms. The Kier molecular flexibility index (Phi) is 3.31. The molecule has 0 atom stereocenters. The highest BCUT2D eigenvalue weighted by atomic mass is 32.2. The maximum atomic E-state index is 11.2. The average Bonchev–Trinajstić information content (AvgIpc) is 2.82. The minimum atomic E-state index is -0.253. The van der Waals surface area contributed by atoms with Crippen molar-refractivity contribution in [3.05, 3.63) is 29.8 Å². The van der Waals surface area contributed by atoms with Gasteiger partial charge in [-0.25, -0.2) is 4.79 Å². The Morgan fingerprint density at radius 3 is 2.33 bits per heavy atom. The smallest absolute Gasteiger partial charge is 0.337 e. The molecule has 0 aromatic heterocycles. The molecule has 0 saturated carbocycles. The fourth-order valence-corrected chi connectivity index (χ4v) is 4.09. The molecule has 0 amide bonds. The summed E-state index contributed by atoms with van der Waals surface area (Å²) < 4.78 is 4.66. The van der Waals surface area contributed by atoms with Crippen LogP contribution in [0.4, 0.5) is 0 Å². The second-order valence-electron chi connectivity index (χ2n) is 3.62. The minimum absolute atomic E-state index is 0.253. The van der Waals surface area contributed by atoms with E-state index >= 15 is 0 Å². The first-order chi connectivity index (χ1) is 7.31. The average molecular weight is 223 g/mol. The molecule has 2 rings (SSSR count). The summed E-state index contributed by atoms with van der Waals surface area (Å²) in [6.07, 6.45) is 2.70. The molecule has 80 valence electrons. The van der Waals surface area contributed by atoms with E-state index in [0.717, 1.165) is 0 Å². The molecule has 1 aliphatic heterocycles. The highest BCUT2D eigenvalue weighted by molar-refractivity contribution is 7.97. The molecule has 1 fully saturated rings. The number of carbonyl (C=O) groups excluding carboxylic acids is 1. The van der Waals surface area contributed by atoms with Crippen LogP contribution in [0.1, 0.15) is 23.2 Å². The van der Waals surface area contributed by atoms with Gasteiger partial charge in [0.1, 0.15) is 11.5 Å². The van der Waals surface area contributed by atoms with Crippen molar-refractivity contribution in [2.45, 2.75) is 17.7 Å². The van der Waals surface area contributed by atoms with Crippen LogP contribution in [0, 0.1) is 0 Å². The van der Waals surface area contributed by atoms with Crippen LogP contribution in [0.25, 0.3) is 0 Å². The van der Waals surface area contributed by atoms with Crippen molar-refractivity contribution in [3.63, 3.8) is 0 Å². The van der Waals surface area contributed by atoms with Gasteiger partial charge in [-0.2, -0.15) is 0 Å². The zero-order valence-corrected chi connectivity index (χ0v) is 9.68. The lowest BCUT2D eigenvalue weighted by Crippen LogP contribution is -2.05. The molecule has 0 unspecified atom stereocenters. The van der Waals surface area contributed by atoms with Crippen molar-refractivity contribution in [2.24, 2.45) is 0 Å². The van der Waals surface area contributed by atoms with Crippen LogP contribution >= 0.6 is 0 Å². The highest BCUT2D eigenvalue weighted by Crippen LogP contribution is 2.23. The van der Waals surface area contributed by atoms with Gasteiger partial charge in [-0.05, 0) is 37.1 Å². The third-order valence-corrected chi connectivity index (χ3v) is 5.14. The molecule has 3 heteroatoms. The molecule has 1 aromatic carbocycles. The summed E-state index contributed by atoms with van der Waals surface area (Å²) in [6.45, 7) is 0. The largest absolute Gasteiger partial charge is 0.465 e. The predicted octanol–water partition coefficient (Wildman–Crippen LogP) is 2.24. The van der Waals surface area contributed by atoms with E-state index in [1.54, 1.807) is 0 Å². The quantitative estimate of drug-likeness (QED) is 0.568. The Labute approximate surface area is 93.0 Å². The molecule has 1 heterocycles. The van der Waals surface area contributed by atoms with Gasteiger partial charge in [0.25, 0.3) is 0 Å². The summed E-state index contributed by atoms with van der Waals surface area (Å²) in [6, 6.07) is 7.88. The molecule has 0 N–H and O–H groups in total. The number of hydrogen-bond acceptors (Lipinski definition) is 2. The van der Waals surface area contributed by atoms with Gasteiger partial charge in [0.2, 0.25) is 0 Å². The fourth-order valence-electron chi connectivity index (χ4n) is 1.79. The van der Waals surface area contributed by atoms with Crippen molar-refractivity contribution >= 4 is 16.9 Å². The van der Waals surface area contributed by atoms with E-state index in [2.05, 4.69) is 16.9 Å². The molecule has 0 bridgehead atoms. The molecular formula is C12H15O2S+. The maximum absolute atomic E-state index is 11.2. The number of carbonyl (C=O) groups is 1. The van der Waals surface area contributed by atoms with Crippen molar-refractivity contribution in [1.82, 2.24) is 0 Å².